The van der Waals surface area contributed by atoms with E-state index in [0.29, 0.717) is 24.0 Å². The Kier molecular flexibility index (Phi) is 3.11. The molecule has 3 aromatic rings. The monoisotopic (exact) mass is 289 g/mol. The molecule has 6 nitrogen and oxygen atoms in total. The van der Waals surface area contributed by atoms with E-state index in [1.807, 2.05) is 5.38 Å². The lowest BCUT2D eigenvalue weighted by molar-refractivity contribution is 0.0698. The van der Waals surface area contributed by atoms with Crippen LogP contribution in [-0.4, -0.2) is 25.6 Å². The van der Waals surface area contributed by atoms with E-state index >= 15 is 0 Å². The molecule has 0 aliphatic rings. The van der Waals surface area contributed by atoms with Gasteiger partial charge in [0.05, 0.1) is 27.8 Å². The zero-order valence-electron chi connectivity index (χ0n) is 10.4. The molecule has 0 saturated heterocycles. The number of para-hydroxylation sites is 1. The molecule has 0 fully saturated rings. The van der Waals surface area contributed by atoms with Gasteiger partial charge in [0, 0.05) is 18.3 Å². The predicted molar refractivity (Wildman–Crippen MR) is 75.3 cm³/mol. The average molecular weight is 289 g/mol. The Balaban J connectivity index is 2.07. The molecule has 0 atom stereocenters. The Morgan fingerprint density at radius 1 is 1.45 bits per heavy atom. The molecule has 0 spiro atoms. The molecule has 0 unspecified atom stereocenters. The third kappa shape index (κ3) is 2.12. The largest absolute Gasteiger partial charge is 0.478 e. The van der Waals surface area contributed by atoms with Gasteiger partial charge in [-0.25, -0.2) is 14.6 Å². The van der Waals surface area contributed by atoms with Crippen LogP contribution in [0.15, 0.2) is 33.9 Å². The van der Waals surface area contributed by atoms with Crippen molar-refractivity contribution >= 4 is 28.3 Å². The number of aromatic amines is 1. The maximum atomic E-state index is 12.0. The molecule has 1 aromatic carbocycles. The highest BCUT2D eigenvalue weighted by Gasteiger charge is 2.15. The number of imidazole rings is 1. The summed E-state index contributed by atoms with van der Waals surface area (Å²) in [5.41, 5.74) is 3.41. The minimum atomic E-state index is -1.04. The maximum Gasteiger partial charge on any atom is 0.337 e. The normalized spacial score (nSPS) is 11.0. The van der Waals surface area contributed by atoms with Crippen molar-refractivity contribution in [2.75, 3.05) is 0 Å². The van der Waals surface area contributed by atoms with Gasteiger partial charge in [0.15, 0.2) is 0 Å². The van der Waals surface area contributed by atoms with E-state index in [4.69, 9.17) is 0 Å². The number of carboxylic acids is 1. The number of benzene rings is 1. The fourth-order valence-electron chi connectivity index (χ4n) is 2.19. The summed E-state index contributed by atoms with van der Waals surface area (Å²) in [5, 5.41) is 11.1. The lowest BCUT2D eigenvalue weighted by Crippen LogP contribution is -2.19. The van der Waals surface area contributed by atoms with Crippen LogP contribution < -0.4 is 5.69 Å². The van der Waals surface area contributed by atoms with Crippen molar-refractivity contribution in [2.45, 2.75) is 13.0 Å². The van der Waals surface area contributed by atoms with Crippen LogP contribution in [0.2, 0.25) is 0 Å². The van der Waals surface area contributed by atoms with Crippen LogP contribution in [0.5, 0.6) is 0 Å². The lowest BCUT2D eigenvalue weighted by Gasteiger charge is -2.04. The summed E-state index contributed by atoms with van der Waals surface area (Å²) >= 11 is 1.49. The third-order valence-electron chi connectivity index (χ3n) is 3.10. The maximum absolute atomic E-state index is 12.0. The van der Waals surface area contributed by atoms with Crippen molar-refractivity contribution in [1.29, 1.82) is 0 Å². The summed E-state index contributed by atoms with van der Waals surface area (Å²) in [5.74, 6) is -1.04. The van der Waals surface area contributed by atoms with Gasteiger partial charge in [-0.3, -0.25) is 4.57 Å². The third-order valence-corrected chi connectivity index (χ3v) is 3.73. The Bertz CT molecular complexity index is 817. The summed E-state index contributed by atoms with van der Waals surface area (Å²) in [6.45, 7) is 0.396. The molecule has 3 rings (SSSR count). The second-order valence-corrected chi connectivity index (χ2v) is 5.04. The van der Waals surface area contributed by atoms with E-state index in [1.54, 1.807) is 17.6 Å². The van der Waals surface area contributed by atoms with E-state index in [9.17, 15) is 14.7 Å². The van der Waals surface area contributed by atoms with Crippen LogP contribution in [0.4, 0.5) is 0 Å². The summed E-state index contributed by atoms with van der Waals surface area (Å²) in [7, 11) is 0. The molecular weight excluding hydrogens is 278 g/mol. The molecule has 0 saturated carbocycles. The van der Waals surface area contributed by atoms with Crippen LogP contribution in [0, 0.1) is 0 Å². The van der Waals surface area contributed by atoms with Gasteiger partial charge in [0.25, 0.3) is 0 Å². The number of rotatable bonds is 4. The van der Waals surface area contributed by atoms with Gasteiger partial charge in [-0.2, -0.15) is 0 Å². The summed E-state index contributed by atoms with van der Waals surface area (Å²) in [6, 6.07) is 4.81. The predicted octanol–water partition coefficient (Wildman–Crippen LogP) is 1.73. The van der Waals surface area contributed by atoms with Gasteiger partial charge in [0.1, 0.15) is 0 Å². The Hall–Kier alpha value is -2.41. The summed E-state index contributed by atoms with van der Waals surface area (Å²) in [6.07, 6.45) is 0.588. The number of aromatic nitrogens is 3. The number of H-pyrrole nitrogens is 1. The molecule has 0 aliphatic heterocycles. The SMILES string of the molecule is O=C(O)c1cccc2[nH]c(=O)n(CCc3cscn3)c12. The van der Waals surface area contributed by atoms with Gasteiger partial charge < -0.3 is 10.1 Å². The minimum absolute atomic E-state index is 0.124. The molecule has 102 valence electrons. The van der Waals surface area contributed by atoms with Crippen molar-refractivity contribution < 1.29 is 9.90 Å². The Morgan fingerprint density at radius 3 is 3.00 bits per heavy atom. The number of nitrogens with one attached hydrogen (secondary N) is 1. The highest BCUT2D eigenvalue weighted by molar-refractivity contribution is 7.07. The van der Waals surface area contributed by atoms with Crippen molar-refractivity contribution in [1.82, 2.24) is 14.5 Å². The molecular formula is C13H11N3O3S. The molecule has 7 heteroatoms. The fraction of sp³-hybridized carbons (Fsp3) is 0.154. The zero-order valence-corrected chi connectivity index (χ0v) is 11.2. The minimum Gasteiger partial charge on any atom is -0.478 e. The van der Waals surface area contributed by atoms with E-state index in [-0.39, 0.29) is 11.3 Å². The molecule has 2 heterocycles. The Labute approximate surface area is 117 Å². The average Bonchev–Trinajstić information content (AvgIpc) is 3.02. The first-order valence-corrected chi connectivity index (χ1v) is 6.93. The Morgan fingerprint density at radius 2 is 2.30 bits per heavy atom. The highest BCUT2D eigenvalue weighted by atomic mass is 32.1. The first-order valence-electron chi connectivity index (χ1n) is 5.98. The van der Waals surface area contributed by atoms with Gasteiger partial charge in [0.2, 0.25) is 0 Å². The number of hydrogen-bond acceptors (Lipinski definition) is 4. The fourth-order valence-corrected chi connectivity index (χ4v) is 2.79. The highest BCUT2D eigenvalue weighted by Crippen LogP contribution is 2.16. The van der Waals surface area contributed by atoms with Crippen LogP contribution in [0.1, 0.15) is 16.1 Å². The molecule has 2 N–H and O–H groups in total. The second kappa shape index (κ2) is 4.93. The van der Waals surface area contributed by atoms with Crippen molar-refractivity contribution in [3.05, 3.63) is 50.8 Å². The molecule has 20 heavy (non-hydrogen) atoms. The van der Waals surface area contributed by atoms with Gasteiger partial charge >= 0.3 is 11.7 Å². The number of nitrogens with zero attached hydrogens (tertiary/aromatic N) is 2. The molecule has 0 aliphatic carbocycles. The van der Waals surface area contributed by atoms with E-state index in [1.165, 1.54) is 22.0 Å². The molecule has 0 bridgehead atoms. The number of thiazole rings is 1. The van der Waals surface area contributed by atoms with Crippen LogP contribution in [0.25, 0.3) is 11.0 Å². The topological polar surface area (TPSA) is 88.0 Å². The van der Waals surface area contributed by atoms with E-state index < -0.39 is 5.97 Å². The number of aromatic carboxylic acids is 1. The molecule has 0 radical (unpaired) electrons. The van der Waals surface area contributed by atoms with Gasteiger partial charge in [-0.1, -0.05) is 6.07 Å². The first kappa shape index (κ1) is 12.6. The van der Waals surface area contributed by atoms with Crippen molar-refractivity contribution in [2.24, 2.45) is 0 Å². The second-order valence-electron chi connectivity index (χ2n) is 4.32. The smallest absolute Gasteiger partial charge is 0.337 e. The van der Waals surface area contributed by atoms with Crippen molar-refractivity contribution in [3.63, 3.8) is 0 Å². The van der Waals surface area contributed by atoms with Gasteiger partial charge in [-0.05, 0) is 12.1 Å². The summed E-state index contributed by atoms with van der Waals surface area (Å²) in [4.78, 5) is 30.1. The summed E-state index contributed by atoms with van der Waals surface area (Å²) < 4.78 is 1.46. The number of carboxylic acid groups (broad SMARTS) is 1. The van der Waals surface area contributed by atoms with Crippen molar-refractivity contribution in [3.8, 4) is 0 Å². The number of fused-ring (bicyclic) bond motifs is 1. The first-order chi connectivity index (χ1) is 9.66. The molecule has 2 aromatic heterocycles. The lowest BCUT2D eigenvalue weighted by atomic mass is 10.2. The quantitative estimate of drug-likeness (QED) is 0.765. The van der Waals surface area contributed by atoms with Crippen LogP contribution >= 0.6 is 11.3 Å². The van der Waals surface area contributed by atoms with E-state index in [2.05, 4.69) is 9.97 Å². The standard InChI is InChI=1S/C13H11N3O3S/c17-12(18)9-2-1-3-10-11(9)16(13(19)15-10)5-4-8-6-20-7-14-8/h1-3,6-7H,4-5H2,(H,15,19)(H,17,18). The van der Waals surface area contributed by atoms with Crippen LogP contribution in [-0.2, 0) is 13.0 Å². The number of carbonyl (C=O) groups is 1. The van der Waals surface area contributed by atoms with Crippen LogP contribution in [0.3, 0.4) is 0 Å². The molecule has 0 amide bonds. The number of hydrogen-bond donors (Lipinski definition) is 2. The number of aryl methyl sites for hydroxylation is 2. The van der Waals surface area contributed by atoms with E-state index in [0.717, 1.165) is 5.69 Å². The van der Waals surface area contributed by atoms with Gasteiger partial charge in [-0.15, -0.1) is 11.3 Å². The zero-order chi connectivity index (χ0) is 14.1.